The Hall–Kier alpha value is -1.39. The van der Waals surface area contributed by atoms with Crippen LogP contribution in [-0.2, 0) is 0 Å². The Morgan fingerprint density at radius 2 is 2.00 bits per heavy atom. The topological polar surface area (TPSA) is 29.5 Å². The van der Waals surface area contributed by atoms with Gasteiger partial charge in [-0.05, 0) is 36.8 Å². The number of aliphatic hydroxyl groups is 1. The van der Waals surface area contributed by atoms with E-state index in [0.29, 0.717) is 17.7 Å². The summed E-state index contributed by atoms with van der Waals surface area (Å²) in [5.41, 5.74) is 2.66. The van der Waals surface area contributed by atoms with Gasteiger partial charge in [0, 0.05) is 22.0 Å². The normalized spacial score (nSPS) is 21.2. The number of halogens is 2. The first kappa shape index (κ1) is 13.6. The molecule has 0 radical (unpaired) electrons. The van der Waals surface area contributed by atoms with Crippen LogP contribution in [0.3, 0.4) is 0 Å². The second-order valence-electron chi connectivity index (χ2n) is 5.07. The van der Waals surface area contributed by atoms with E-state index in [1.165, 1.54) is 12.1 Å². The fraction of sp³-hybridized carbons (Fsp3) is 0.250. The van der Waals surface area contributed by atoms with E-state index in [-0.39, 0.29) is 11.9 Å². The molecule has 1 heterocycles. The number of aryl methyl sites for hydroxylation is 1. The van der Waals surface area contributed by atoms with Gasteiger partial charge in [0.1, 0.15) is 17.7 Å². The number of hydrogen-bond donors (Lipinski definition) is 1. The molecule has 0 bridgehead atoms. The molecule has 2 aromatic rings. The maximum Gasteiger partial charge on any atom is 0.128 e. The lowest BCUT2D eigenvalue weighted by atomic mass is 9.94. The first-order valence-electron chi connectivity index (χ1n) is 6.45. The van der Waals surface area contributed by atoms with Crippen LogP contribution in [-0.4, -0.2) is 5.11 Å². The lowest BCUT2D eigenvalue weighted by Gasteiger charge is -2.30. The van der Waals surface area contributed by atoms with Crippen LogP contribution in [0.5, 0.6) is 5.75 Å². The molecule has 2 nitrogen and oxygen atoms in total. The van der Waals surface area contributed by atoms with E-state index in [4.69, 9.17) is 4.74 Å². The van der Waals surface area contributed by atoms with Crippen LogP contribution in [0.4, 0.5) is 4.39 Å². The zero-order valence-electron chi connectivity index (χ0n) is 10.9. The van der Waals surface area contributed by atoms with Gasteiger partial charge in [-0.15, -0.1) is 0 Å². The number of benzene rings is 2. The van der Waals surface area contributed by atoms with Crippen LogP contribution >= 0.6 is 15.9 Å². The highest BCUT2D eigenvalue weighted by atomic mass is 79.9. The van der Waals surface area contributed by atoms with Crippen molar-refractivity contribution < 1.29 is 14.2 Å². The van der Waals surface area contributed by atoms with Crippen molar-refractivity contribution in [1.29, 1.82) is 0 Å². The molecule has 2 atom stereocenters. The Morgan fingerprint density at radius 1 is 1.20 bits per heavy atom. The van der Waals surface area contributed by atoms with Crippen LogP contribution < -0.4 is 4.74 Å². The third kappa shape index (κ3) is 2.45. The Morgan fingerprint density at radius 3 is 2.75 bits per heavy atom. The van der Waals surface area contributed by atoms with Crippen LogP contribution in [0, 0.1) is 12.7 Å². The average Bonchev–Trinajstić information content (AvgIpc) is 2.39. The van der Waals surface area contributed by atoms with E-state index in [1.54, 1.807) is 6.07 Å². The minimum absolute atomic E-state index is 0.238. The predicted molar refractivity (Wildman–Crippen MR) is 78.2 cm³/mol. The molecule has 1 unspecified atom stereocenters. The van der Waals surface area contributed by atoms with Crippen molar-refractivity contribution in [3.63, 3.8) is 0 Å². The molecule has 4 heteroatoms. The summed E-state index contributed by atoms with van der Waals surface area (Å²) in [7, 11) is 0. The van der Waals surface area contributed by atoms with Crippen LogP contribution in [0.15, 0.2) is 40.9 Å². The largest absolute Gasteiger partial charge is 0.485 e. The molecule has 0 aromatic heterocycles. The van der Waals surface area contributed by atoms with Gasteiger partial charge >= 0.3 is 0 Å². The second kappa shape index (κ2) is 5.19. The van der Waals surface area contributed by atoms with Crippen molar-refractivity contribution in [2.45, 2.75) is 25.6 Å². The Kier molecular flexibility index (Phi) is 3.52. The van der Waals surface area contributed by atoms with Gasteiger partial charge in [-0.25, -0.2) is 4.39 Å². The van der Waals surface area contributed by atoms with Gasteiger partial charge in [0.25, 0.3) is 0 Å². The minimum Gasteiger partial charge on any atom is -0.485 e. The molecule has 20 heavy (non-hydrogen) atoms. The second-order valence-corrected chi connectivity index (χ2v) is 5.92. The molecule has 0 spiro atoms. The predicted octanol–water partition coefficient (Wildman–Crippen LogP) is 4.45. The zero-order chi connectivity index (χ0) is 14.3. The van der Waals surface area contributed by atoms with E-state index in [1.807, 2.05) is 25.1 Å². The highest BCUT2D eigenvalue weighted by Crippen LogP contribution is 2.42. The van der Waals surface area contributed by atoms with Crippen LogP contribution in [0.2, 0.25) is 0 Å². The smallest absolute Gasteiger partial charge is 0.128 e. The van der Waals surface area contributed by atoms with Gasteiger partial charge in [0.15, 0.2) is 0 Å². The summed E-state index contributed by atoms with van der Waals surface area (Å²) in [5.74, 6) is 0.184. The summed E-state index contributed by atoms with van der Waals surface area (Å²) >= 11 is 3.53. The van der Waals surface area contributed by atoms with E-state index < -0.39 is 6.10 Å². The van der Waals surface area contributed by atoms with Gasteiger partial charge < -0.3 is 9.84 Å². The maximum atomic E-state index is 13.2. The summed E-state index contributed by atoms with van der Waals surface area (Å²) in [6, 6.07) is 10.3. The Balaban J connectivity index is 1.97. The van der Waals surface area contributed by atoms with Gasteiger partial charge in [-0.1, -0.05) is 28.1 Å². The van der Waals surface area contributed by atoms with Gasteiger partial charge in [0.2, 0.25) is 0 Å². The molecule has 1 aliphatic rings. The quantitative estimate of drug-likeness (QED) is 0.833. The monoisotopic (exact) mass is 336 g/mol. The lowest BCUT2D eigenvalue weighted by Crippen LogP contribution is -2.19. The molecule has 104 valence electrons. The highest BCUT2D eigenvalue weighted by Gasteiger charge is 2.29. The van der Waals surface area contributed by atoms with Gasteiger partial charge in [-0.2, -0.15) is 0 Å². The summed E-state index contributed by atoms with van der Waals surface area (Å²) in [6.45, 7) is 2.02. The highest BCUT2D eigenvalue weighted by molar-refractivity contribution is 9.10. The van der Waals surface area contributed by atoms with Crippen LogP contribution in [0.25, 0.3) is 0 Å². The average molecular weight is 337 g/mol. The Bertz CT molecular complexity index is 657. The van der Waals surface area contributed by atoms with Crippen molar-refractivity contribution in [2.24, 2.45) is 0 Å². The first-order valence-corrected chi connectivity index (χ1v) is 7.24. The van der Waals surface area contributed by atoms with Crippen molar-refractivity contribution >= 4 is 15.9 Å². The lowest BCUT2D eigenvalue weighted by molar-refractivity contribution is 0.0650. The Labute approximate surface area is 125 Å². The molecular weight excluding hydrogens is 323 g/mol. The number of ether oxygens (including phenoxy) is 1. The molecule has 0 saturated carbocycles. The molecule has 0 aliphatic carbocycles. The van der Waals surface area contributed by atoms with Crippen molar-refractivity contribution in [2.75, 3.05) is 0 Å². The van der Waals surface area contributed by atoms with Crippen molar-refractivity contribution in [3.05, 3.63) is 63.4 Å². The van der Waals surface area contributed by atoms with Gasteiger partial charge in [0.05, 0.1) is 6.10 Å². The van der Waals surface area contributed by atoms with E-state index in [0.717, 1.165) is 15.6 Å². The fourth-order valence-corrected chi connectivity index (χ4v) is 3.25. The summed E-state index contributed by atoms with van der Waals surface area (Å²) in [6.07, 6.45) is -0.538. The number of fused-ring (bicyclic) bond motifs is 1. The SMILES string of the molecule is Cc1ccc(C2C[C@H](O)c3cc(F)ccc3O2)c(Br)c1. The van der Waals surface area contributed by atoms with Crippen molar-refractivity contribution in [1.82, 2.24) is 0 Å². The van der Waals surface area contributed by atoms with Crippen LogP contribution in [0.1, 0.15) is 35.3 Å². The van der Waals surface area contributed by atoms with E-state index in [9.17, 15) is 9.50 Å². The molecule has 3 rings (SSSR count). The van der Waals surface area contributed by atoms with Crippen molar-refractivity contribution in [3.8, 4) is 5.75 Å². The fourth-order valence-electron chi connectivity index (χ4n) is 2.50. The van der Waals surface area contributed by atoms with E-state index >= 15 is 0 Å². The van der Waals surface area contributed by atoms with Gasteiger partial charge in [-0.3, -0.25) is 0 Å². The third-order valence-corrected chi connectivity index (χ3v) is 4.23. The number of hydrogen-bond acceptors (Lipinski definition) is 2. The molecule has 1 N–H and O–H groups in total. The van der Waals surface area contributed by atoms with E-state index in [2.05, 4.69) is 15.9 Å². The standard InChI is InChI=1S/C16H14BrFO2/c1-9-2-4-11(13(17)6-9)16-8-14(19)12-7-10(18)3-5-15(12)20-16/h2-7,14,16,19H,8H2,1H3/t14-,16?/m0/s1. The zero-order valence-corrected chi connectivity index (χ0v) is 12.5. The summed E-state index contributed by atoms with van der Waals surface area (Å²) in [5, 5.41) is 10.2. The molecule has 2 aromatic carbocycles. The summed E-state index contributed by atoms with van der Waals surface area (Å²) in [4.78, 5) is 0. The molecular formula is C16H14BrFO2. The molecule has 0 fully saturated rings. The minimum atomic E-state index is -0.715. The molecule has 0 saturated heterocycles. The molecule has 1 aliphatic heterocycles. The first-order chi connectivity index (χ1) is 9.54. The summed E-state index contributed by atoms with van der Waals surface area (Å²) < 4.78 is 20.1. The third-order valence-electron chi connectivity index (χ3n) is 3.54. The molecule has 0 amide bonds. The maximum absolute atomic E-state index is 13.2. The number of rotatable bonds is 1. The number of aliphatic hydroxyl groups excluding tert-OH is 1.